The first-order valence-electron chi connectivity index (χ1n) is 6.14. The van der Waals surface area contributed by atoms with E-state index in [0.717, 1.165) is 18.4 Å². The van der Waals surface area contributed by atoms with Crippen LogP contribution >= 0.6 is 0 Å². The second-order valence-corrected chi connectivity index (χ2v) is 4.73. The molecule has 0 atom stereocenters. The molecule has 16 heavy (non-hydrogen) atoms. The quantitative estimate of drug-likeness (QED) is 0.823. The van der Waals surface area contributed by atoms with Crippen molar-refractivity contribution >= 4 is 0 Å². The van der Waals surface area contributed by atoms with Crippen molar-refractivity contribution in [2.45, 2.75) is 52.1 Å². The first-order chi connectivity index (χ1) is 7.68. The molecule has 1 aromatic carbocycles. The summed E-state index contributed by atoms with van der Waals surface area (Å²) in [7, 11) is 0. The fraction of sp³-hybridized carbons (Fsp3) is 0.571. The predicted octanol–water partition coefficient (Wildman–Crippen LogP) is 3.72. The van der Waals surface area contributed by atoms with Gasteiger partial charge in [-0.15, -0.1) is 0 Å². The monoisotopic (exact) mass is 220 g/mol. The van der Waals surface area contributed by atoms with Gasteiger partial charge >= 0.3 is 0 Å². The van der Waals surface area contributed by atoms with Crippen molar-refractivity contribution in [1.82, 2.24) is 0 Å². The van der Waals surface area contributed by atoms with Crippen molar-refractivity contribution in [2.24, 2.45) is 0 Å². The second kappa shape index (κ2) is 4.77. The third kappa shape index (κ3) is 2.31. The van der Waals surface area contributed by atoms with Crippen LogP contribution in [0.2, 0.25) is 0 Å². The summed E-state index contributed by atoms with van der Waals surface area (Å²) >= 11 is 0. The average Bonchev–Trinajstić information content (AvgIpc) is 2.31. The molecule has 2 nitrogen and oxygen atoms in total. The molecule has 0 aromatic heterocycles. The summed E-state index contributed by atoms with van der Waals surface area (Å²) in [5.74, 6) is 0.959. The first kappa shape index (κ1) is 11.3. The molecule has 88 valence electrons. The van der Waals surface area contributed by atoms with Gasteiger partial charge in [0.2, 0.25) is 0 Å². The van der Waals surface area contributed by atoms with Crippen LogP contribution in [0.4, 0.5) is 0 Å². The summed E-state index contributed by atoms with van der Waals surface area (Å²) in [6.45, 7) is 4.05. The minimum Gasteiger partial charge on any atom is -0.504 e. The minimum atomic E-state index is 0.272. The standard InChI is InChI=1S/C14H20O2/c1-10-8-9-13(15)14(11(10)2)16-12-6-4-3-5-7-12/h8-9,12,15H,3-7H2,1-2H3. The van der Waals surface area contributed by atoms with Crippen LogP contribution in [0.5, 0.6) is 11.5 Å². The van der Waals surface area contributed by atoms with E-state index in [0.29, 0.717) is 11.9 Å². The van der Waals surface area contributed by atoms with Gasteiger partial charge < -0.3 is 9.84 Å². The summed E-state index contributed by atoms with van der Waals surface area (Å²) < 4.78 is 5.95. The number of phenols is 1. The molecular weight excluding hydrogens is 200 g/mol. The molecule has 0 unspecified atom stereocenters. The van der Waals surface area contributed by atoms with E-state index in [9.17, 15) is 5.11 Å². The Labute approximate surface area is 97.3 Å². The molecule has 0 amide bonds. The largest absolute Gasteiger partial charge is 0.504 e. The van der Waals surface area contributed by atoms with E-state index in [-0.39, 0.29) is 5.75 Å². The summed E-state index contributed by atoms with van der Waals surface area (Å²) in [5, 5.41) is 9.82. The highest BCUT2D eigenvalue weighted by molar-refractivity contribution is 5.48. The fourth-order valence-electron chi connectivity index (χ4n) is 2.27. The van der Waals surface area contributed by atoms with Gasteiger partial charge in [-0.2, -0.15) is 0 Å². The molecule has 0 radical (unpaired) electrons. The molecule has 1 N–H and O–H groups in total. The van der Waals surface area contributed by atoms with Crippen molar-refractivity contribution in [3.05, 3.63) is 23.3 Å². The molecule has 0 saturated heterocycles. The van der Waals surface area contributed by atoms with Gasteiger partial charge in [0.05, 0.1) is 6.10 Å². The van der Waals surface area contributed by atoms with E-state index < -0.39 is 0 Å². The molecule has 2 heteroatoms. The molecule has 0 heterocycles. The Balaban J connectivity index is 2.16. The Morgan fingerprint density at radius 3 is 2.50 bits per heavy atom. The Morgan fingerprint density at radius 2 is 1.81 bits per heavy atom. The number of rotatable bonds is 2. The van der Waals surface area contributed by atoms with Crippen molar-refractivity contribution < 1.29 is 9.84 Å². The molecule has 0 aliphatic heterocycles. The average molecular weight is 220 g/mol. The molecular formula is C14H20O2. The Morgan fingerprint density at radius 1 is 1.12 bits per heavy atom. The van der Waals surface area contributed by atoms with E-state index in [1.807, 2.05) is 19.9 Å². The molecule has 0 spiro atoms. The minimum absolute atomic E-state index is 0.272. The summed E-state index contributed by atoms with van der Waals surface area (Å²) in [4.78, 5) is 0. The molecule has 2 rings (SSSR count). The van der Waals surface area contributed by atoms with Crippen molar-refractivity contribution in [1.29, 1.82) is 0 Å². The lowest BCUT2D eigenvalue weighted by Crippen LogP contribution is -2.20. The number of benzene rings is 1. The van der Waals surface area contributed by atoms with Gasteiger partial charge in [-0.3, -0.25) is 0 Å². The van der Waals surface area contributed by atoms with Gasteiger partial charge in [-0.25, -0.2) is 0 Å². The Bertz CT molecular complexity index is 365. The van der Waals surface area contributed by atoms with Crippen LogP contribution in [-0.4, -0.2) is 11.2 Å². The van der Waals surface area contributed by atoms with Gasteiger partial charge in [0, 0.05) is 0 Å². The van der Waals surface area contributed by atoms with Gasteiger partial charge in [-0.05, 0) is 56.7 Å². The summed E-state index contributed by atoms with van der Waals surface area (Å²) in [6, 6.07) is 3.65. The first-order valence-corrected chi connectivity index (χ1v) is 6.14. The normalized spacial score (nSPS) is 17.4. The lowest BCUT2D eigenvalue weighted by atomic mass is 9.97. The third-order valence-electron chi connectivity index (χ3n) is 3.49. The SMILES string of the molecule is Cc1ccc(O)c(OC2CCCCC2)c1C. The highest BCUT2D eigenvalue weighted by Gasteiger charge is 2.18. The van der Waals surface area contributed by atoms with Gasteiger partial charge in [-0.1, -0.05) is 12.5 Å². The highest BCUT2D eigenvalue weighted by atomic mass is 16.5. The maximum atomic E-state index is 9.82. The summed E-state index contributed by atoms with van der Waals surface area (Å²) in [6.07, 6.45) is 6.34. The number of aromatic hydroxyl groups is 1. The van der Waals surface area contributed by atoms with Crippen LogP contribution < -0.4 is 4.74 Å². The highest BCUT2D eigenvalue weighted by Crippen LogP contribution is 2.34. The molecule has 1 aliphatic rings. The van der Waals surface area contributed by atoms with Crippen LogP contribution in [-0.2, 0) is 0 Å². The maximum Gasteiger partial charge on any atom is 0.164 e. The fourth-order valence-corrected chi connectivity index (χ4v) is 2.27. The number of aryl methyl sites for hydroxylation is 1. The topological polar surface area (TPSA) is 29.5 Å². The van der Waals surface area contributed by atoms with E-state index >= 15 is 0 Å². The lowest BCUT2D eigenvalue weighted by Gasteiger charge is -2.24. The van der Waals surface area contributed by atoms with E-state index in [4.69, 9.17) is 4.74 Å². The van der Waals surface area contributed by atoms with Crippen molar-refractivity contribution in [3.63, 3.8) is 0 Å². The molecule has 1 aromatic rings. The zero-order valence-electron chi connectivity index (χ0n) is 10.1. The van der Waals surface area contributed by atoms with Crippen LogP contribution in [0.1, 0.15) is 43.2 Å². The van der Waals surface area contributed by atoms with Gasteiger partial charge in [0.25, 0.3) is 0 Å². The zero-order valence-corrected chi connectivity index (χ0v) is 10.1. The Hall–Kier alpha value is -1.18. The second-order valence-electron chi connectivity index (χ2n) is 4.73. The molecule has 1 saturated carbocycles. The van der Waals surface area contributed by atoms with Gasteiger partial charge in [0.1, 0.15) is 0 Å². The number of phenolic OH excluding ortho intramolecular Hbond substituents is 1. The molecule has 1 fully saturated rings. The number of hydrogen-bond acceptors (Lipinski definition) is 2. The van der Waals surface area contributed by atoms with E-state index in [1.165, 1.54) is 24.8 Å². The number of hydrogen-bond donors (Lipinski definition) is 1. The molecule has 1 aliphatic carbocycles. The van der Waals surface area contributed by atoms with E-state index in [1.54, 1.807) is 6.07 Å². The molecule has 0 bridgehead atoms. The van der Waals surface area contributed by atoms with Crippen LogP contribution in [0.3, 0.4) is 0 Å². The zero-order chi connectivity index (χ0) is 11.5. The smallest absolute Gasteiger partial charge is 0.164 e. The van der Waals surface area contributed by atoms with Crippen LogP contribution in [0.25, 0.3) is 0 Å². The van der Waals surface area contributed by atoms with Crippen molar-refractivity contribution in [2.75, 3.05) is 0 Å². The van der Waals surface area contributed by atoms with Gasteiger partial charge in [0.15, 0.2) is 11.5 Å². The third-order valence-corrected chi connectivity index (χ3v) is 3.49. The lowest BCUT2D eigenvalue weighted by molar-refractivity contribution is 0.149. The van der Waals surface area contributed by atoms with Crippen LogP contribution in [0.15, 0.2) is 12.1 Å². The van der Waals surface area contributed by atoms with E-state index in [2.05, 4.69) is 0 Å². The Kier molecular flexibility index (Phi) is 3.37. The van der Waals surface area contributed by atoms with Crippen LogP contribution in [0, 0.1) is 13.8 Å². The van der Waals surface area contributed by atoms with Crippen molar-refractivity contribution in [3.8, 4) is 11.5 Å². The summed E-state index contributed by atoms with van der Waals surface area (Å²) in [5.41, 5.74) is 2.23. The number of ether oxygens (including phenoxy) is 1. The maximum absolute atomic E-state index is 9.82. The predicted molar refractivity (Wildman–Crippen MR) is 65.1 cm³/mol.